The molecular formula is C11H17N3O2. The van der Waals surface area contributed by atoms with Gasteiger partial charge in [-0.15, -0.1) is 0 Å². The molecule has 1 aromatic rings. The number of anilines is 1. The highest BCUT2D eigenvalue weighted by Gasteiger charge is 2.03. The number of carbonyl (C=O) groups is 1. The summed E-state index contributed by atoms with van der Waals surface area (Å²) >= 11 is 0. The fraction of sp³-hybridized carbons (Fsp3) is 0.455. The van der Waals surface area contributed by atoms with Crippen molar-refractivity contribution in [3.05, 3.63) is 18.3 Å². The van der Waals surface area contributed by atoms with Gasteiger partial charge in [0.05, 0.1) is 19.9 Å². The molecule has 0 saturated carbocycles. The molecule has 0 atom stereocenters. The van der Waals surface area contributed by atoms with E-state index in [4.69, 9.17) is 4.74 Å². The summed E-state index contributed by atoms with van der Waals surface area (Å²) in [4.78, 5) is 15.4. The molecule has 1 rings (SSSR count). The monoisotopic (exact) mass is 223 g/mol. The van der Waals surface area contributed by atoms with Crippen LogP contribution in [0.3, 0.4) is 0 Å². The number of carbonyl (C=O) groups excluding carboxylic acids is 1. The van der Waals surface area contributed by atoms with Crippen molar-refractivity contribution in [3.8, 4) is 5.75 Å². The largest absolute Gasteiger partial charge is 0.495 e. The van der Waals surface area contributed by atoms with E-state index in [1.54, 1.807) is 25.4 Å². The van der Waals surface area contributed by atoms with Gasteiger partial charge < -0.3 is 15.4 Å². The second-order valence-electron chi connectivity index (χ2n) is 3.66. The number of methoxy groups -OCH3 is 1. The van der Waals surface area contributed by atoms with E-state index in [9.17, 15) is 4.79 Å². The van der Waals surface area contributed by atoms with Crippen molar-refractivity contribution in [1.82, 2.24) is 10.3 Å². The maximum absolute atomic E-state index is 11.3. The van der Waals surface area contributed by atoms with E-state index in [1.807, 2.05) is 13.8 Å². The van der Waals surface area contributed by atoms with Crippen LogP contribution in [0.4, 0.5) is 5.82 Å². The van der Waals surface area contributed by atoms with Crippen LogP contribution < -0.4 is 15.4 Å². The molecule has 5 nitrogen and oxygen atoms in total. The predicted octanol–water partition coefficient (Wildman–Crippen LogP) is 1.03. The minimum atomic E-state index is -0.0485. The molecule has 0 saturated heterocycles. The van der Waals surface area contributed by atoms with E-state index < -0.39 is 0 Å². The minimum absolute atomic E-state index is 0.0485. The van der Waals surface area contributed by atoms with Crippen molar-refractivity contribution in [1.29, 1.82) is 0 Å². The first-order chi connectivity index (χ1) is 7.61. The second-order valence-corrected chi connectivity index (χ2v) is 3.66. The SMILES string of the molecule is COc1ccc(NCC(=O)NC(C)C)nc1. The number of hydrogen-bond donors (Lipinski definition) is 2. The highest BCUT2D eigenvalue weighted by molar-refractivity contribution is 5.80. The normalized spacial score (nSPS) is 10.0. The molecule has 0 radical (unpaired) electrons. The first-order valence-corrected chi connectivity index (χ1v) is 5.15. The van der Waals surface area contributed by atoms with E-state index in [0.717, 1.165) is 0 Å². The number of hydrogen-bond acceptors (Lipinski definition) is 4. The van der Waals surface area contributed by atoms with Crippen LogP contribution in [0.25, 0.3) is 0 Å². The summed E-state index contributed by atoms with van der Waals surface area (Å²) in [5.74, 6) is 1.30. The van der Waals surface area contributed by atoms with Crippen LogP contribution in [0.1, 0.15) is 13.8 Å². The van der Waals surface area contributed by atoms with Crippen LogP contribution >= 0.6 is 0 Å². The van der Waals surface area contributed by atoms with Crippen LogP contribution in [-0.2, 0) is 4.79 Å². The molecule has 0 aliphatic carbocycles. The third-order valence-corrected chi connectivity index (χ3v) is 1.85. The summed E-state index contributed by atoms with van der Waals surface area (Å²) in [5, 5.41) is 5.70. The van der Waals surface area contributed by atoms with Gasteiger partial charge in [0.15, 0.2) is 0 Å². The van der Waals surface area contributed by atoms with Gasteiger partial charge in [-0.05, 0) is 26.0 Å². The number of nitrogens with one attached hydrogen (secondary N) is 2. The number of rotatable bonds is 5. The Morgan fingerprint density at radius 1 is 1.50 bits per heavy atom. The lowest BCUT2D eigenvalue weighted by molar-refractivity contribution is -0.119. The highest BCUT2D eigenvalue weighted by atomic mass is 16.5. The van der Waals surface area contributed by atoms with Gasteiger partial charge in [-0.2, -0.15) is 0 Å². The Morgan fingerprint density at radius 2 is 2.25 bits per heavy atom. The molecular weight excluding hydrogens is 206 g/mol. The van der Waals surface area contributed by atoms with Gasteiger partial charge in [0.2, 0.25) is 5.91 Å². The Labute approximate surface area is 95.2 Å². The molecule has 16 heavy (non-hydrogen) atoms. The highest BCUT2D eigenvalue weighted by Crippen LogP contribution is 2.10. The maximum Gasteiger partial charge on any atom is 0.239 e. The maximum atomic E-state index is 11.3. The number of amides is 1. The quantitative estimate of drug-likeness (QED) is 0.782. The fourth-order valence-corrected chi connectivity index (χ4v) is 1.15. The average Bonchev–Trinajstić information content (AvgIpc) is 2.26. The molecule has 0 aliphatic heterocycles. The van der Waals surface area contributed by atoms with E-state index in [2.05, 4.69) is 15.6 Å². The Hall–Kier alpha value is -1.78. The number of ether oxygens (including phenoxy) is 1. The van der Waals surface area contributed by atoms with Crippen LogP contribution in [-0.4, -0.2) is 30.6 Å². The molecule has 1 aromatic heterocycles. The van der Waals surface area contributed by atoms with Gasteiger partial charge in [-0.1, -0.05) is 0 Å². The van der Waals surface area contributed by atoms with E-state index in [-0.39, 0.29) is 18.5 Å². The third-order valence-electron chi connectivity index (χ3n) is 1.85. The van der Waals surface area contributed by atoms with Crippen molar-refractivity contribution in [3.63, 3.8) is 0 Å². The lowest BCUT2D eigenvalue weighted by Crippen LogP contribution is -2.34. The summed E-state index contributed by atoms with van der Waals surface area (Å²) in [6.07, 6.45) is 1.60. The van der Waals surface area contributed by atoms with Crippen molar-refractivity contribution in [2.75, 3.05) is 19.0 Å². The van der Waals surface area contributed by atoms with Crippen LogP contribution in [0, 0.1) is 0 Å². The van der Waals surface area contributed by atoms with E-state index in [1.165, 1.54) is 0 Å². The smallest absolute Gasteiger partial charge is 0.239 e. The average molecular weight is 223 g/mol. The zero-order valence-electron chi connectivity index (χ0n) is 9.78. The molecule has 1 heterocycles. The molecule has 0 unspecified atom stereocenters. The Morgan fingerprint density at radius 3 is 2.75 bits per heavy atom. The van der Waals surface area contributed by atoms with Crippen molar-refractivity contribution in [2.45, 2.75) is 19.9 Å². The summed E-state index contributed by atoms with van der Waals surface area (Å²) in [6, 6.07) is 3.70. The molecule has 0 aliphatic rings. The molecule has 0 spiro atoms. The summed E-state index contributed by atoms with van der Waals surface area (Å²) < 4.78 is 4.98. The standard InChI is InChI=1S/C11H17N3O2/c1-8(2)14-11(15)7-13-10-5-4-9(16-3)6-12-10/h4-6,8H,7H2,1-3H3,(H,12,13)(H,14,15). The third kappa shape index (κ3) is 4.16. The Bertz CT molecular complexity index is 336. The van der Waals surface area contributed by atoms with E-state index in [0.29, 0.717) is 11.6 Å². The molecule has 2 N–H and O–H groups in total. The molecule has 0 fully saturated rings. The van der Waals surface area contributed by atoms with Gasteiger partial charge in [-0.3, -0.25) is 4.79 Å². The fourth-order valence-electron chi connectivity index (χ4n) is 1.15. The molecule has 1 amide bonds. The lowest BCUT2D eigenvalue weighted by atomic mass is 10.4. The summed E-state index contributed by atoms with van der Waals surface area (Å²) in [5.41, 5.74) is 0. The van der Waals surface area contributed by atoms with Gasteiger partial charge in [0, 0.05) is 6.04 Å². The number of aromatic nitrogens is 1. The Kier molecular flexibility index (Phi) is 4.57. The number of nitrogens with zero attached hydrogens (tertiary/aromatic N) is 1. The topological polar surface area (TPSA) is 63.2 Å². The van der Waals surface area contributed by atoms with Gasteiger partial charge in [0.25, 0.3) is 0 Å². The van der Waals surface area contributed by atoms with Gasteiger partial charge >= 0.3 is 0 Å². The summed E-state index contributed by atoms with van der Waals surface area (Å²) in [6.45, 7) is 4.06. The molecule has 0 aromatic carbocycles. The van der Waals surface area contributed by atoms with Crippen LogP contribution in [0.5, 0.6) is 5.75 Å². The van der Waals surface area contributed by atoms with Crippen molar-refractivity contribution in [2.24, 2.45) is 0 Å². The van der Waals surface area contributed by atoms with E-state index >= 15 is 0 Å². The Balaban J connectivity index is 2.39. The van der Waals surface area contributed by atoms with Gasteiger partial charge in [-0.25, -0.2) is 4.98 Å². The second kappa shape index (κ2) is 5.95. The molecule has 5 heteroatoms. The first kappa shape index (κ1) is 12.3. The zero-order valence-corrected chi connectivity index (χ0v) is 9.78. The number of pyridine rings is 1. The van der Waals surface area contributed by atoms with Crippen LogP contribution in [0.2, 0.25) is 0 Å². The molecule has 88 valence electrons. The van der Waals surface area contributed by atoms with Crippen molar-refractivity contribution < 1.29 is 9.53 Å². The first-order valence-electron chi connectivity index (χ1n) is 5.15. The van der Waals surface area contributed by atoms with Gasteiger partial charge in [0.1, 0.15) is 11.6 Å². The molecule has 0 bridgehead atoms. The predicted molar refractivity (Wildman–Crippen MR) is 62.6 cm³/mol. The minimum Gasteiger partial charge on any atom is -0.495 e. The summed E-state index contributed by atoms with van der Waals surface area (Å²) in [7, 11) is 1.58. The van der Waals surface area contributed by atoms with Crippen molar-refractivity contribution >= 4 is 11.7 Å². The zero-order chi connectivity index (χ0) is 12.0. The van der Waals surface area contributed by atoms with Crippen LogP contribution in [0.15, 0.2) is 18.3 Å². The lowest BCUT2D eigenvalue weighted by Gasteiger charge is -2.09.